The lowest BCUT2D eigenvalue weighted by molar-refractivity contribution is -0.142. The minimum atomic E-state index is -0.992. The van der Waals surface area contributed by atoms with Crippen LogP contribution in [0.3, 0.4) is 0 Å². The third-order valence-corrected chi connectivity index (χ3v) is 3.29. The van der Waals surface area contributed by atoms with Crippen LogP contribution in [0.15, 0.2) is 18.2 Å². The van der Waals surface area contributed by atoms with Crippen LogP contribution >= 0.6 is 0 Å². The van der Waals surface area contributed by atoms with E-state index in [4.69, 9.17) is 14.6 Å². The molecule has 0 fully saturated rings. The molecule has 21 heavy (non-hydrogen) atoms. The second-order valence-corrected chi connectivity index (χ2v) is 4.93. The molecule has 0 aromatic heterocycles. The quantitative estimate of drug-likeness (QED) is 0.799. The van der Waals surface area contributed by atoms with Crippen molar-refractivity contribution in [1.29, 1.82) is 0 Å². The number of aryl methyl sites for hydroxylation is 1. The summed E-state index contributed by atoms with van der Waals surface area (Å²) in [6.07, 6.45) is 1.92. The van der Waals surface area contributed by atoms with E-state index in [1.165, 1.54) is 0 Å². The fraction of sp³-hybridized carbons (Fsp3) is 0.467. The Labute approximate surface area is 123 Å². The number of benzene rings is 1. The molecule has 1 atom stereocenters. The summed E-state index contributed by atoms with van der Waals surface area (Å²) in [6, 6.07) is 4.73. The molecule has 6 nitrogen and oxygen atoms in total. The number of aliphatic carboxylic acids is 1. The number of amides is 1. The molecule has 114 valence electrons. The number of hydrogen-bond acceptors (Lipinski definition) is 4. The molecule has 1 aliphatic rings. The first-order valence-corrected chi connectivity index (χ1v) is 7.01. The van der Waals surface area contributed by atoms with Gasteiger partial charge in [-0.3, -0.25) is 4.79 Å². The van der Waals surface area contributed by atoms with Crippen molar-refractivity contribution in [1.82, 2.24) is 5.32 Å². The summed E-state index contributed by atoms with van der Waals surface area (Å²) in [5.74, 6) is 0.140. The number of fused-ring (bicyclic) bond motifs is 1. The van der Waals surface area contributed by atoms with Crippen LogP contribution in [0.4, 0.5) is 0 Å². The predicted octanol–water partition coefficient (Wildman–Crippen LogP) is 1.72. The second kappa shape index (κ2) is 6.97. The Kier molecular flexibility index (Phi) is 5.03. The minimum Gasteiger partial charge on any atom is -0.480 e. The van der Waals surface area contributed by atoms with Crippen molar-refractivity contribution in [3.63, 3.8) is 0 Å². The van der Waals surface area contributed by atoms with Gasteiger partial charge < -0.3 is 19.9 Å². The molecule has 6 heteroatoms. The topological polar surface area (TPSA) is 84.9 Å². The zero-order valence-electron chi connectivity index (χ0n) is 11.9. The van der Waals surface area contributed by atoms with Crippen LogP contribution in [0.25, 0.3) is 0 Å². The Morgan fingerprint density at radius 1 is 1.33 bits per heavy atom. The smallest absolute Gasteiger partial charge is 0.326 e. The van der Waals surface area contributed by atoms with Crippen LogP contribution in [0, 0.1) is 0 Å². The first-order valence-electron chi connectivity index (χ1n) is 7.01. The molecule has 0 unspecified atom stereocenters. The average Bonchev–Trinajstić information content (AvgIpc) is 2.92. The van der Waals surface area contributed by atoms with E-state index in [0.29, 0.717) is 30.8 Å². The number of rotatable bonds is 7. The molecule has 0 saturated heterocycles. The van der Waals surface area contributed by atoms with Gasteiger partial charge in [-0.15, -0.1) is 0 Å². The number of carboxylic acids is 1. The van der Waals surface area contributed by atoms with E-state index in [-0.39, 0.29) is 19.1 Å². The van der Waals surface area contributed by atoms with Crippen LogP contribution in [0.5, 0.6) is 11.5 Å². The minimum absolute atomic E-state index is 0.219. The number of ether oxygens (including phenoxy) is 2. The Hall–Kier alpha value is -2.24. The maximum Gasteiger partial charge on any atom is 0.326 e. The lowest BCUT2D eigenvalue weighted by Gasteiger charge is -2.13. The zero-order chi connectivity index (χ0) is 15.2. The molecule has 0 aliphatic carbocycles. The number of nitrogens with one attached hydrogen (secondary N) is 1. The van der Waals surface area contributed by atoms with Crippen molar-refractivity contribution < 1.29 is 24.2 Å². The van der Waals surface area contributed by atoms with Gasteiger partial charge in [-0.05, 0) is 30.5 Å². The van der Waals surface area contributed by atoms with Crippen molar-refractivity contribution in [2.75, 3.05) is 6.79 Å². The Bertz CT molecular complexity index is 529. The van der Waals surface area contributed by atoms with Gasteiger partial charge in [-0.2, -0.15) is 0 Å². The molecule has 0 bridgehead atoms. The highest BCUT2D eigenvalue weighted by Gasteiger charge is 2.19. The average molecular weight is 293 g/mol. The summed E-state index contributed by atoms with van der Waals surface area (Å²) in [4.78, 5) is 22.8. The van der Waals surface area contributed by atoms with Crippen molar-refractivity contribution in [2.45, 2.75) is 38.6 Å². The monoisotopic (exact) mass is 293 g/mol. The zero-order valence-corrected chi connectivity index (χ0v) is 11.9. The molecule has 1 amide bonds. The summed E-state index contributed by atoms with van der Waals surface area (Å²) >= 11 is 0. The van der Waals surface area contributed by atoms with E-state index in [9.17, 15) is 9.59 Å². The van der Waals surface area contributed by atoms with E-state index in [1.807, 2.05) is 25.1 Å². The van der Waals surface area contributed by atoms with E-state index >= 15 is 0 Å². The molecule has 0 saturated carbocycles. The van der Waals surface area contributed by atoms with Gasteiger partial charge in [-0.25, -0.2) is 4.79 Å². The molecule has 2 N–H and O–H groups in total. The Balaban J connectivity index is 1.84. The van der Waals surface area contributed by atoms with Crippen molar-refractivity contribution in [3.05, 3.63) is 23.8 Å². The largest absolute Gasteiger partial charge is 0.480 e. The fourth-order valence-electron chi connectivity index (χ4n) is 2.17. The van der Waals surface area contributed by atoms with E-state index in [2.05, 4.69) is 5.32 Å². The first-order chi connectivity index (χ1) is 10.1. The van der Waals surface area contributed by atoms with Gasteiger partial charge in [0.25, 0.3) is 0 Å². The van der Waals surface area contributed by atoms with E-state index in [0.717, 1.165) is 5.56 Å². The molecular formula is C15H19NO5. The normalized spacial score (nSPS) is 13.8. The molecular weight excluding hydrogens is 274 g/mol. The summed E-state index contributed by atoms with van der Waals surface area (Å²) in [5, 5.41) is 11.5. The molecule has 1 aromatic carbocycles. The molecule has 1 aromatic rings. The number of carbonyl (C=O) groups excluding carboxylic acids is 1. The molecule has 0 spiro atoms. The van der Waals surface area contributed by atoms with Crippen LogP contribution in [-0.2, 0) is 16.0 Å². The van der Waals surface area contributed by atoms with Crippen molar-refractivity contribution >= 4 is 11.9 Å². The number of hydrogen-bond donors (Lipinski definition) is 2. The maximum atomic E-state index is 11.8. The van der Waals surface area contributed by atoms with Crippen LogP contribution < -0.4 is 14.8 Å². The lowest BCUT2D eigenvalue weighted by Crippen LogP contribution is -2.40. The van der Waals surface area contributed by atoms with Gasteiger partial charge in [0.15, 0.2) is 11.5 Å². The number of carboxylic acid groups (broad SMARTS) is 1. The second-order valence-electron chi connectivity index (χ2n) is 4.93. The highest BCUT2D eigenvalue weighted by Crippen LogP contribution is 2.32. The van der Waals surface area contributed by atoms with Gasteiger partial charge in [0.2, 0.25) is 12.7 Å². The molecule has 1 heterocycles. The molecule has 0 radical (unpaired) electrons. The van der Waals surface area contributed by atoms with Gasteiger partial charge in [-0.1, -0.05) is 19.4 Å². The third kappa shape index (κ3) is 4.11. The summed E-state index contributed by atoms with van der Waals surface area (Å²) < 4.78 is 10.5. The highest BCUT2D eigenvalue weighted by molar-refractivity contribution is 5.83. The summed E-state index contributed by atoms with van der Waals surface area (Å²) in [7, 11) is 0. The van der Waals surface area contributed by atoms with Crippen LogP contribution in [0.2, 0.25) is 0 Å². The SMILES string of the molecule is CCC[C@H](NC(=O)CCc1ccc2c(c1)OCO2)C(=O)O. The van der Waals surface area contributed by atoms with Gasteiger partial charge in [0.05, 0.1) is 0 Å². The van der Waals surface area contributed by atoms with E-state index in [1.54, 1.807) is 0 Å². The summed E-state index contributed by atoms with van der Waals surface area (Å²) in [6.45, 7) is 2.10. The molecule has 2 rings (SSSR count). The van der Waals surface area contributed by atoms with E-state index < -0.39 is 12.0 Å². The van der Waals surface area contributed by atoms with Crippen molar-refractivity contribution in [3.8, 4) is 11.5 Å². The van der Waals surface area contributed by atoms with Gasteiger partial charge in [0.1, 0.15) is 6.04 Å². The first kappa shape index (κ1) is 15.2. The predicted molar refractivity (Wildman–Crippen MR) is 75.4 cm³/mol. The molecule has 1 aliphatic heterocycles. The highest BCUT2D eigenvalue weighted by atomic mass is 16.7. The van der Waals surface area contributed by atoms with Crippen LogP contribution in [-0.4, -0.2) is 29.8 Å². The Morgan fingerprint density at radius 3 is 2.81 bits per heavy atom. The standard InChI is InChI=1S/C15H19NO5/c1-2-3-11(15(18)19)16-14(17)7-5-10-4-6-12-13(8-10)21-9-20-12/h4,6,8,11H,2-3,5,7,9H2,1H3,(H,16,17)(H,18,19)/t11-/m0/s1. The summed E-state index contributed by atoms with van der Waals surface area (Å²) in [5.41, 5.74) is 0.955. The number of carbonyl (C=O) groups is 2. The third-order valence-electron chi connectivity index (χ3n) is 3.29. The lowest BCUT2D eigenvalue weighted by atomic mass is 10.1. The van der Waals surface area contributed by atoms with Gasteiger partial charge in [0, 0.05) is 6.42 Å². The Morgan fingerprint density at radius 2 is 2.10 bits per heavy atom. The van der Waals surface area contributed by atoms with Crippen molar-refractivity contribution in [2.24, 2.45) is 0 Å². The van der Waals surface area contributed by atoms with Crippen LogP contribution in [0.1, 0.15) is 31.7 Å². The van der Waals surface area contributed by atoms with Gasteiger partial charge >= 0.3 is 5.97 Å². The fourth-order valence-corrected chi connectivity index (χ4v) is 2.17. The maximum absolute atomic E-state index is 11.8.